The molecule has 3 rings (SSSR count). The monoisotopic (exact) mass is 526 g/mol. The molecule has 12 heteroatoms. The van der Waals surface area contributed by atoms with Gasteiger partial charge in [-0.1, -0.05) is 25.5 Å². The number of rotatable bonds is 8. The van der Waals surface area contributed by atoms with Crippen molar-refractivity contribution < 1.29 is 42.5 Å². The maximum Gasteiger partial charge on any atom is 0.414 e. The molecule has 0 aliphatic carbocycles. The third-order valence-electron chi connectivity index (χ3n) is 5.60. The summed E-state index contributed by atoms with van der Waals surface area (Å²) in [5.41, 5.74) is 1.52. The highest BCUT2D eigenvalue weighted by Crippen LogP contribution is 2.27. The summed E-state index contributed by atoms with van der Waals surface area (Å²) < 4.78 is 46.1. The molecule has 2 aromatic carbocycles. The van der Waals surface area contributed by atoms with Crippen molar-refractivity contribution in [2.75, 3.05) is 39.8 Å². The van der Waals surface area contributed by atoms with Crippen LogP contribution in [-0.4, -0.2) is 84.7 Å². The normalized spacial score (nSPS) is 15.4. The molecule has 1 aliphatic rings. The molecule has 3 N–H and O–H groups in total. The Morgan fingerprint density at radius 3 is 2.11 bits per heavy atom. The number of aliphatic hydroxyl groups excluding tert-OH is 1. The summed E-state index contributed by atoms with van der Waals surface area (Å²) in [6, 6.07) is 11.1. The van der Waals surface area contributed by atoms with Crippen LogP contribution in [0, 0.1) is 5.82 Å². The van der Waals surface area contributed by atoms with Gasteiger partial charge >= 0.3 is 11.9 Å². The van der Waals surface area contributed by atoms with Gasteiger partial charge in [-0.3, -0.25) is 4.90 Å². The number of hydrogen-bond acceptors (Lipinski definition) is 7. The predicted octanol–water partition coefficient (Wildman–Crippen LogP) is 1.98. The Balaban J connectivity index is 0.000000678. The van der Waals surface area contributed by atoms with Gasteiger partial charge in [0.2, 0.25) is 10.0 Å². The van der Waals surface area contributed by atoms with Crippen molar-refractivity contribution in [3.63, 3.8) is 0 Å². The van der Waals surface area contributed by atoms with Crippen LogP contribution in [-0.2, 0) is 26.0 Å². The first kappa shape index (κ1) is 29.2. The molecule has 2 aromatic rings. The van der Waals surface area contributed by atoms with Gasteiger partial charge in [0.1, 0.15) is 11.6 Å². The SMILES string of the molecule is CCCc1ccc(S(=O)(=O)N2CCN(CC(O)c3cc(F)ccc3OC)CC2)cc1.O=C(O)C(=O)O. The van der Waals surface area contributed by atoms with E-state index in [4.69, 9.17) is 24.5 Å². The lowest BCUT2D eigenvalue weighted by atomic mass is 10.1. The molecule has 0 bridgehead atoms. The van der Waals surface area contributed by atoms with Crippen LogP contribution < -0.4 is 4.74 Å². The molecule has 1 fully saturated rings. The number of aliphatic hydroxyl groups is 1. The Bertz CT molecular complexity index is 1120. The van der Waals surface area contributed by atoms with Crippen molar-refractivity contribution in [3.8, 4) is 5.75 Å². The zero-order valence-electron chi connectivity index (χ0n) is 20.1. The van der Waals surface area contributed by atoms with Gasteiger partial charge in [-0.2, -0.15) is 4.31 Å². The fourth-order valence-electron chi connectivity index (χ4n) is 3.73. The summed E-state index contributed by atoms with van der Waals surface area (Å²) >= 11 is 0. The van der Waals surface area contributed by atoms with E-state index in [0.29, 0.717) is 42.4 Å². The topological polar surface area (TPSA) is 145 Å². The molecule has 0 amide bonds. The van der Waals surface area contributed by atoms with Gasteiger partial charge in [-0.25, -0.2) is 22.4 Å². The summed E-state index contributed by atoms with van der Waals surface area (Å²) in [5.74, 6) is -3.66. The average molecular weight is 527 g/mol. The average Bonchev–Trinajstić information content (AvgIpc) is 2.85. The highest BCUT2D eigenvalue weighted by molar-refractivity contribution is 7.89. The number of halogens is 1. The van der Waals surface area contributed by atoms with Crippen LogP contribution in [0.1, 0.15) is 30.6 Å². The second-order valence-corrected chi connectivity index (χ2v) is 10.0. The van der Waals surface area contributed by atoms with Crippen molar-refractivity contribution >= 4 is 22.0 Å². The molecule has 0 aromatic heterocycles. The van der Waals surface area contributed by atoms with Crippen molar-refractivity contribution in [3.05, 3.63) is 59.4 Å². The third-order valence-corrected chi connectivity index (χ3v) is 7.51. The van der Waals surface area contributed by atoms with E-state index in [2.05, 4.69) is 6.92 Å². The first-order chi connectivity index (χ1) is 17.0. The van der Waals surface area contributed by atoms with E-state index in [1.165, 1.54) is 29.6 Å². The molecule has 0 radical (unpaired) electrons. The molecule has 1 atom stereocenters. The van der Waals surface area contributed by atoms with Gasteiger partial charge < -0.3 is 20.1 Å². The van der Waals surface area contributed by atoms with Crippen molar-refractivity contribution in [1.82, 2.24) is 9.21 Å². The number of benzene rings is 2. The Kier molecular flexibility index (Phi) is 10.8. The van der Waals surface area contributed by atoms with Crippen LogP contribution >= 0.6 is 0 Å². The summed E-state index contributed by atoms with van der Waals surface area (Å²) in [6.07, 6.45) is 1.02. The standard InChI is InChI=1S/C22H29FN2O4S.C2H2O4/c1-3-4-17-5-8-19(9-6-17)30(27,28)25-13-11-24(12-14-25)16-21(26)20-15-18(23)7-10-22(20)29-2;3-1(4)2(5)6/h5-10,15,21,26H,3-4,11-14,16H2,1-2H3;(H,3,4)(H,5,6). The molecule has 1 aliphatic heterocycles. The third kappa shape index (κ3) is 7.98. The van der Waals surface area contributed by atoms with E-state index < -0.39 is 33.9 Å². The number of ether oxygens (including phenoxy) is 1. The lowest BCUT2D eigenvalue weighted by Gasteiger charge is -2.35. The highest BCUT2D eigenvalue weighted by Gasteiger charge is 2.29. The Morgan fingerprint density at radius 2 is 1.61 bits per heavy atom. The number of aliphatic carboxylic acids is 2. The number of β-amino-alcohol motifs (C(OH)–C–C–N with tert-alkyl or cyclic N) is 1. The fraction of sp³-hybridized carbons (Fsp3) is 0.417. The smallest absolute Gasteiger partial charge is 0.414 e. The second kappa shape index (κ2) is 13.3. The summed E-state index contributed by atoms with van der Waals surface area (Å²) in [6.45, 7) is 4.02. The van der Waals surface area contributed by atoms with Gasteiger partial charge in [-0.05, 0) is 42.3 Å². The molecule has 198 valence electrons. The van der Waals surface area contributed by atoms with Crippen molar-refractivity contribution in [2.45, 2.75) is 30.8 Å². The Hall–Kier alpha value is -3.06. The zero-order chi connectivity index (χ0) is 26.9. The van der Waals surface area contributed by atoms with Crippen LogP contribution in [0.4, 0.5) is 4.39 Å². The number of piperazine rings is 1. The first-order valence-electron chi connectivity index (χ1n) is 11.3. The maximum atomic E-state index is 13.6. The summed E-state index contributed by atoms with van der Waals surface area (Å²) in [4.78, 5) is 20.5. The van der Waals surface area contributed by atoms with Crippen molar-refractivity contribution in [2.24, 2.45) is 0 Å². The molecule has 0 saturated carbocycles. The fourth-order valence-corrected chi connectivity index (χ4v) is 5.15. The molecular formula is C24H31FN2O8S. The number of hydrogen-bond donors (Lipinski definition) is 3. The number of aryl methyl sites for hydroxylation is 1. The highest BCUT2D eigenvalue weighted by atomic mass is 32.2. The van der Waals surface area contributed by atoms with Crippen molar-refractivity contribution in [1.29, 1.82) is 0 Å². The van der Waals surface area contributed by atoms with Gasteiger partial charge in [-0.15, -0.1) is 0 Å². The Morgan fingerprint density at radius 1 is 1.03 bits per heavy atom. The summed E-state index contributed by atoms with van der Waals surface area (Å²) in [5, 5.41) is 25.3. The van der Waals surface area contributed by atoms with Gasteiger partial charge in [0.15, 0.2) is 0 Å². The lowest BCUT2D eigenvalue weighted by molar-refractivity contribution is -0.159. The molecule has 10 nitrogen and oxygen atoms in total. The van der Waals surface area contributed by atoms with E-state index >= 15 is 0 Å². The number of methoxy groups -OCH3 is 1. The van der Waals surface area contributed by atoms with E-state index in [0.717, 1.165) is 18.4 Å². The van der Waals surface area contributed by atoms with Crippen LogP contribution in [0.3, 0.4) is 0 Å². The lowest BCUT2D eigenvalue weighted by Crippen LogP contribution is -2.49. The summed E-state index contributed by atoms with van der Waals surface area (Å²) in [7, 11) is -2.07. The molecule has 0 spiro atoms. The molecular weight excluding hydrogens is 495 g/mol. The van der Waals surface area contributed by atoms with Crippen LogP contribution in [0.25, 0.3) is 0 Å². The number of sulfonamides is 1. The molecule has 1 saturated heterocycles. The second-order valence-electron chi connectivity index (χ2n) is 8.11. The first-order valence-corrected chi connectivity index (χ1v) is 12.7. The van der Waals surface area contributed by atoms with Crippen LogP contribution in [0.5, 0.6) is 5.75 Å². The van der Waals surface area contributed by atoms with Gasteiger partial charge in [0.05, 0.1) is 18.1 Å². The quantitative estimate of drug-likeness (QED) is 0.440. The molecule has 36 heavy (non-hydrogen) atoms. The molecule has 1 unspecified atom stereocenters. The van der Waals surface area contributed by atoms with E-state index in [1.807, 2.05) is 17.0 Å². The predicted molar refractivity (Wildman–Crippen MR) is 129 cm³/mol. The molecule has 1 heterocycles. The van der Waals surface area contributed by atoms with Gasteiger partial charge in [0.25, 0.3) is 0 Å². The minimum Gasteiger partial charge on any atom is -0.496 e. The minimum absolute atomic E-state index is 0.277. The minimum atomic E-state index is -3.54. The largest absolute Gasteiger partial charge is 0.496 e. The van der Waals surface area contributed by atoms with E-state index in [9.17, 15) is 17.9 Å². The number of carboxylic acid groups (broad SMARTS) is 2. The Labute approximate surface area is 209 Å². The number of carbonyl (C=O) groups is 2. The van der Waals surface area contributed by atoms with E-state index in [1.54, 1.807) is 12.1 Å². The van der Waals surface area contributed by atoms with Crippen LogP contribution in [0.15, 0.2) is 47.4 Å². The maximum absolute atomic E-state index is 13.6. The number of nitrogens with zero attached hydrogens (tertiary/aromatic N) is 2. The van der Waals surface area contributed by atoms with Crippen LogP contribution in [0.2, 0.25) is 0 Å². The number of carboxylic acids is 2. The van der Waals surface area contributed by atoms with E-state index in [-0.39, 0.29) is 6.54 Å². The van der Waals surface area contributed by atoms with Gasteiger partial charge in [0, 0.05) is 38.3 Å². The zero-order valence-corrected chi connectivity index (χ0v) is 20.9.